The van der Waals surface area contributed by atoms with Crippen molar-refractivity contribution in [3.05, 3.63) is 30.0 Å². The number of H-pyrrole nitrogens is 1. The van der Waals surface area contributed by atoms with E-state index in [2.05, 4.69) is 4.98 Å². The number of nitrogens with two attached hydrogens (primary N) is 1. The summed E-state index contributed by atoms with van der Waals surface area (Å²) in [7, 11) is 0. The van der Waals surface area contributed by atoms with Gasteiger partial charge >= 0.3 is 0 Å². The quantitative estimate of drug-likeness (QED) is 0.597. The molecule has 1 aromatic heterocycles. The molecule has 0 bridgehead atoms. The minimum Gasteiger partial charge on any atom is -0.507 e. The van der Waals surface area contributed by atoms with Crippen molar-refractivity contribution in [2.75, 3.05) is 0 Å². The van der Waals surface area contributed by atoms with Crippen LogP contribution in [-0.2, 0) is 0 Å². The predicted molar refractivity (Wildman–Crippen MR) is 58.6 cm³/mol. The van der Waals surface area contributed by atoms with Gasteiger partial charge in [-0.15, -0.1) is 0 Å². The first kappa shape index (κ1) is 10.0. The lowest BCUT2D eigenvalue weighted by atomic mass is 10.1. The molecule has 0 saturated carbocycles. The minimum absolute atomic E-state index is 0.201. The maximum atomic E-state index is 9.75. The number of aromatic hydroxyl groups is 1. The van der Waals surface area contributed by atoms with Crippen LogP contribution in [0.15, 0.2) is 24.3 Å². The van der Waals surface area contributed by atoms with Gasteiger partial charge in [0.2, 0.25) is 0 Å². The SMILES string of the molecule is CC(N)C(O)c1cc2c(O)cccc2[nH]1. The fourth-order valence-electron chi connectivity index (χ4n) is 1.60. The first-order valence-corrected chi connectivity index (χ1v) is 4.84. The van der Waals surface area contributed by atoms with Crippen LogP contribution in [0.3, 0.4) is 0 Å². The summed E-state index contributed by atoms with van der Waals surface area (Å²) in [6.07, 6.45) is -0.739. The number of fused-ring (bicyclic) bond motifs is 1. The molecule has 2 unspecified atom stereocenters. The molecule has 0 amide bonds. The van der Waals surface area contributed by atoms with Crippen LogP contribution in [0.2, 0.25) is 0 Å². The molecule has 2 atom stereocenters. The van der Waals surface area contributed by atoms with Gasteiger partial charge in [0.05, 0.1) is 0 Å². The number of aliphatic hydroxyl groups is 1. The van der Waals surface area contributed by atoms with Gasteiger partial charge in [-0.2, -0.15) is 0 Å². The van der Waals surface area contributed by atoms with Gasteiger partial charge in [-0.25, -0.2) is 0 Å². The Kier molecular flexibility index (Phi) is 2.38. The summed E-state index contributed by atoms with van der Waals surface area (Å²) in [5, 5.41) is 20.0. The van der Waals surface area contributed by atoms with Crippen molar-refractivity contribution in [3.63, 3.8) is 0 Å². The molecule has 0 aliphatic rings. The number of aromatic amines is 1. The molecule has 0 radical (unpaired) electrons. The third-order valence-electron chi connectivity index (χ3n) is 2.48. The average Bonchev–Trinajstić information content (AvgIpc) is 2.61. The van der Waals surface area contributed by atoms with Gasteiger partial charge in [0.15, 0.2) is 0 Å². The maximum absolute atomic E-state index is 9.75. The largest absolute Gasteiger partial charge is 0.507 e. The van der Waals surface area contributed by atoms with Crippen molar-refractivity contribution in [1.82, 2.24) is 4.98 Å². The molecule has 0 saturated heterocycles. The molecular weight excluding hydrogens is 192 g/mol. The highest BCUT2D eigenvalue weighted by molar-refractivity contribution is 5.86. The van der Waals surface area contributed by atoms with Crippen LogP contribution in [0.1, 0.15) is 18.7 Å². The Bertz CT molecular complexity index is 476. The molecule has 0 aliphatic carbocycles. The zero-order valence-corrected chi connectivity index (χ0v) is 8.44. The molecule has 2 aromatic rings. The number of rotatable bonds is 2. The summed E-state index contributed by atoms with van der Waals surface area (Å²) in [6, 6.07) is 6.57. The first-order chi connectivity index (χ1) is 7.09. The molecule has 15 heavy (non-hydrogen) atoms. The highest BCUT2D eigenvalue weighted by atomic mass is 16.3. The van der Waals surface area contributed by atoms with Gasteiger partial charge in [-0.3, -0.25) is 0 Å². The maximum Gasteiger partial charge on any atom is 0.124 e. The lowest BCUT2D eigenvalue weighted by Crippen LogP contribution is -2.24. The van der Waals surface area contributed by atoms with E-state index >= 15 is 0 Å². The summed E-state index contributed by atoms with van der Waals surface area (Å²) in [4.78, 5) is 3.03. The molecule has 0 fully saturated rings. The topological polar surface area (TPSA) is 82.3 Å². The van der Waals surface area contributed by atoms with E-state index in [0.29, 0.717) is 11.1 Å². The van der Waals surface area contributed by atoms with E-state index in [4.69, 9.17) is 5.73 Å². The van der Waals surface area contributed by atoms with Crippen molar-refractivity contribution in [2.45, 2.75) is 19.1 Å². The normalized spacial score (nSPS) is 15.4. The Morgan fingerprint density at radius 1 is 1.40 bits per heavy atom. The van der Waals surface area contributed by atoms with Gasteiger partial charge in [-0.05, 0) is 25.1 Å². The minimum atomic E-state index is -0.739. The zero-order chi connectivity index (χ0) is 11.0. The number of nitrogens with one attached hydrogen (secondary N) is 1. The third-order valence-corrected chi connectivity index (χ3v) is 2.48. The Hall–Kier alpha value is -1.52. The van der Waals surface area contributed by atoms with Crippen molar-refractivity contribution >= 4 is 10.9 Å². The van der Waals surface area contributed by atoms with Crippen molar-refractivity contribution < 1.29 is 10.2 Å². The average molecular weight is 206 g/mol. The smallest absolute Gasteiger partial charge is 0.124 e. The van der Waals surface area contributed by atoms with Gasteiger partial charge in [0, 0.05) is 22.6 Å². The van der Waals surface area contributed by atoms with E-state index in [-0.39, 0.29) is 11.8 Å². The van der Waals surface area contributed by atoms with Crippen LogP contribution in [0.5, 0.6) is 5.75 Å². The molecule has 0 aliphatic heterocycles. The number of phenols is 1. The standard InChI is InChI=1S/C11H14N2O2/c1-6(12)11(15)9-5-7-8(13-9)3-2-4-10(7)14/h2-6,11,13-15H,12H2,1H3. The van der Waals surface area contributed by atoms with Crippen molar-refractivity contribution in [3.8, 4) is 5.75 Å². The van der Waals surface area contributed by atoms with E-state index < -0.39 is 6.10 Å². The lowest BCUT2D eigenvalue weighted by molar-refractivity contribution is 0.149. The number of benzene rings is 1. The summed E-state index contributed by atoms with van der Waals surface area (Å²) in [6.45, 7) is 1.73. The van der Waals surface area contributed by atoms with E-state index in [1.165, 1.54) is 0 Å². The second-order valence-corrected chi connectivity index (χ2v) is 3.77. The van der Waals surface area contributed by atoms with E-state index in [9.17, 15) is 10.2 Å². The molecule has 5 N–H and O–H groups in total. The summed E-state index contributed by atoms with van der Waals surface area (Å²) in [5.41, 5.74) is 7.02. The lowest BCUT2D eigenvalue weighted by Gasteiger charge is -2.11. The van der Waals surface area contributed by atoms with Crippen LogP contribution >= 0.6 is 0 Å². The van der Waals surface area contributed by atoms with Gasteiger partial charge in [0.1, 0.15) is 11.9 Å². The molecular formula is C11H14N2O2. The molecule has 4 nitrogen and oxygen atoms in total. The Labute approximate surface area is 87.3 Å². The second-order valence-electron chi connectivity index (χ2n) is 3.77. The zero-order valence-electron chi connectivity index (χ0n) is 8.44. The number of aromatic nitrogens is 1. The van der Waals surface area contributed by atoms with Gasteiger partial charge < -0.3 is 20.9 Å². The molecule has 1 heterocycles. The van der Waals surface area contributed by atoms with Gasteiger partial charge in [0.25, 0.3) is 0 Å². The number of aliphatic hydroxyl groups excluding tert-OH is 1. The fraction of sp³-hybridized carbons (Fsp3) is 0.273. The van der Waals surface area contributed by atoms with Crippen LogP contribution in [0.4, 0.5) is 0 Å². The van der Waals surface area contributed by atoms with E-state index in [1.54, 1.807) is 25.1 Å². The van der Waals surface area contributed by atoms with Crippen molar-refractivity contribution in [1.29, 1.82) is 0 Å². The highest BCUT2D eigenvalue weighted by Crippen LogP contribution is 2.27. The van der Waals surface area contributed by atoms with E-state index in [0.717, 1.165) is 5.52 Å². The number of phenolic OH excluding ortho intramolecular Hbond substituents is 1. The Balaban J connectivity index is 2.52. The molecule has 2 rings (SSSR count). The third kappa shape index (κ3) is 1.69. The summed E-state index contributed by atoms with van der Waals surface area (Å²) >= 11 is 0. The number of hydrogen-bond donors (Lipinski definition) is 4. The van der Waals surface area contributed by atoms with Crippen LogP contribution in [0, 0.1) is 0 Å². The molecule has 4 heteroatoms. The van der Waals surface area contributed by atoms with Crippen molar-refractivity contribution in [2.24, 2.45) is 5.73 Å². The molecule has 0 spiro atoms. The molecule has 80 valence electrons. The summed E-state index contributed by atoms with van der Waals surface area (Å²) in [5.74, 6) is 0.201. The molecule has 1 aromatic carbocycles. The van der Waals surface area contributed by atoms with Gasteiger partial charge in [-0.1, -0.05) is 6.07 Å². The predicted octanol–water partition coefficient (Wildman–Crippen LogP) is 1.25. The van der Waals surface area contributed by atoms with Crippen LogP contribution in [-0.4, -0.2) is 21.2 Å². The Morgan fingerprint density at radius 2 is 2.13 bits per heavy atom. The fourth-order valence-corrected chi connectivity index (χ4v) is 1.60. The van der Waals surface area contributed by atoms with E-state index in [1.807, 2.05) is 6.07 Å². The monoisotopic (exact) mass is 206 g/mol. The first-order valence-electron chi connectivity index (χ1n) is 4.84. The Morgan fingerprint density at radius 3 is 2.73 bits per heavy atom. The number of hydrogen-bond acceptors (Lipinski definition) is 3. The summed E-state index contributed by atoms with van der Waals surface area (Å²) < 4.78 is 0. The van der Waals surface area contributed by atoms with Crippen LogP contribution in [0.25, 0.3) is 10.9 Å². The second kappa shape index (κ2) is 3.56. The highest BCUT2D eigenvalue weighted by Gasteiger charge is 2.15. The van der Waals surface area contributed by atoms with Crippen LogP contribution < -0.4 is 5.73 Å².